The minimum atomic E-state index is -0.567. The highest BCUT2D eigenvalue weighted by atomic mass is 16.6. The number of carbonyl (C=O) groups excluding carboxylic acids is 2. The summed E-state index contributed by atoms with van der Waals surface area (Å²) in [6.45, 7) is 17.3. The number of hydrogen-bond donors (Lipinski definition) is 1. The maximum Gasteiger partial charge on any atom is 0.433 e. The lowest BCUT2D eigenvalue weighted by molar-refractivity contribution is -0.0214. The van der Waals surface area contributed by atoms with Crippen LogP contribution in [0.3, 0.4) is 0 Å². The van der Waals surface area contributed by atoms with Crippen LogP contribution in [0.1, 0.15) is 113 Å². The third-order valence-electron chi connectivity index (χ3n) is 8.05. The summed E-state index contributed by atoms with van der Waals surface area (Å²) in [5, 5.41) is 1.32. The molecule has 2 aliphatic carbocycles. The van der Waals surface area contributed by atoms with E-state index >= 15 is 0 Å². The molecule has 0 aromatic carbocycles. The zero-order valence-electron chi connectivity index (χ0n) is 23.6. The first-order valence-electron chi connectivity index (χ1n) is 14.2. The van der Waals surface area contributed by atoms with Gasteiger partial charge in [0.15, 0.2) is 0 Å². The van der Waals surface area contributed by atoms with Crippen molar-refractivity contribution >= 4 is 12.2 Å². The summed E-state index contributed by atoms with van der Waals surface area (Å²) in [5.41, 5.74) is 3.55. The Hall–Kier alpha value is -1.72. The molecule has 0 heterocycles. The van der Waals surface area contributed by atoms with Gasteiger partial charge < -0.3 is 9.47 Å². The van der Waals surface area contributed by atoms with Crippen molar-refractivity contribution < 1.29 is 19.1 Å². The van der Waals surface area contributed by atoms with Crippen LogP contribution >= 0.6 is 0 Å². The third-order valence-corrected chi connectivity index (χ3v) is 8.05. The Bertz CT molecular complexity index is 705. The minimum Gasteiger partial charge on any atom is -0.445 e. The van der Waals surface area contributed by atoms with Crippen LogP contribution in [0, 0.1) is 35.5 Å². The fourth-order valence-electron chi connectivity index (χ4n) is 5.97. The number of allylic oxidation sites excluding steroid dienone is 2. The van der Waals surface area contributed by atoms with Crippen LogP contribution in [-0.2, 0) is 9.47 Å². The van der Waals surface area contributed by atoms with Gasteiger partial charge in [-0.15, -0.1) is 0 Å². The average molecular weight is 493 g/mol. The summed E-state index contributed by atoms with van der Waals surface area (Å²) in [6, 6.07) is 0. The molecule has 0 aromatic heterocycles. The minimum absolute atomic E-state index is 0.133. The van der Waals surface area contributed by atoms with Crippen LogP contribution in [0.4, 0.5) is 9.59 Å². The van der Waals surface area contributed by atoms with E-state index in [0.717, 1.165) is 44.2 Å². The molecule has 2 aliphatic rings. The first-order chi connectivity index (χ1) is 16.6. The van der Waals surface area contributed by atoms with Crippen molar-refractivity contribution in [2.45, 2.75) is 125 Å². The van der Waals surface area contributed by atoms with E-state index in [-0.39, 0.29) is 12.2 Å². The molecule has 0 bridgehead atoms. The van der Waals surface area contributed by atoms with Gasteiger partial charge in [0.25, 0.3) is 0 Å². The molecule has 0 radical (unpaired) electrons. The number of nitrogens with one attached hydrogen (secondary N) is 1. The number of nitrogens with zero attached hydrogens (tertiary/aromatic N) is 1. The summed E-state index contributed by atoms with van der Waals surface area (Å²) in [7, 11) is 0. The molecule has 2 fully saturated rings. The van der Waals surface area contributed by atoms with E-state index in [4.69, 9.17) is 9.47 Å². The zero-order chi connectivity index (χ0) is 26.1. The third kappa shape index (κ3) is 8.71. The maximum absolute atomic E-state index is 13.5. The number of carbonyl (C=O) groups is 2. The van der Waals surface area contributed by atoms with E-state index < -0.39 is 12.2 Å². The fourth-order valence-corrected chi connectivity index (χ4v) is 5.97. The Morgan fingerprint density at radius 3 is 1.86 bits per heavy atom. The topological polar surface area (TPSA) is 67.9 Å². The summed E-state index contributed by atoms with van der Waals surface area (Å²) in [4.78, 5) is 26.6. The molecule has 0 spiro atoms. The SMILES string of the molecule is CC/C=C(\CCC)N(NC(=O)O[C@@H]1C[C@H](C)CC[C@H]1C(C)C)C(=O)O[C@@H]1C[C@H](C)CC[C@H]1C(C)C. The molecule has 0 aliphatic heterocycles. The number of ether oxygens (including phenoxy) is 2. The molecule has 0 saturated heterocycles. The molecule has 1 N–H and O–H groups in total. The van der Waals surface area contributed by atoms with E-state index in [0.29, 0.717) is 41.9 Å². The molecular formula is C29H52N2O4. The lowest BCUT2D eigenvalue weighted by atomic mass is 9.75. The number of hydrogen-bond acceptors (Lipinski definition) is 4. The highest BCUT2D eigenvalue weighted by Crippen LogP contribution is 2.37. The highest BCUT2D eigenvalue weighted by molar-refractivity contribution is 5.75. The first kappa shape index (κ1) is 29.5. The smallest absolute Gasteiger partial charge is 0.433 e. The van der Waals surface area contributed by atoms with Gasteiger partial charge in [-0.3, -0.25) is 0 Å². The second-order valence-electron chi connectivity index (χ2n) is 11.8. The monoisotopic (exact) mass is 492 g/mol. The van der Waals surface area contributed by atoms with Crippen molar-refractivity contribution in [3.63, 3.8) is 0 Å². The first-order valence-corrected chi connectivity index (χ1v) is 14.2. The second-order valence-corrected chi connectivity index (χ2v) is 11.8. The van der Waals surface area contributed by atoms with E-state index in [9.17, 15) is 9.59 Å². The molecule has 2 rings (SSSR count). The standard InChI is InChI=1S/C29H52N2O4/c1-9-11-23(12-10-2)31(29(33)35-27-18-22(8)14-16-25(27)20(5)6)30-28(32)34-26-17-21(7)13-15-24(26)19(3)4/h11,19-22,24-27H,9-10,12-18H2,1-8H3,(H,30,32)/b23-11+/t21-,22-,24+,25+,26-,27-/m1/s1. The van der Waals surface area contributed by atoms with Crippen molar-refractivity contribution in [1.82, 2.24) is 10.4 Å². The molecule has 6 atom stereocenters. The summed E-state index contributed by atoms with van der Waals surface area (Å²) in [6.07, 6.45) is 9.14. The van der Waals surface area contributed by atoms with Gasteiger partial charge in [0.2, 0.25) is 0 Å². The second kappa shape index (κ2) is 14.1. The summed E-state index contributed by atoms with van der Waals surface area (Å²) < 4.78 is 12.1. The number of rotatable bonds is 8. The molecule has 2 amide bonds. The van der Waals surface area contributed by atoms with Gasteiger partial charge in [0.1, 0.15) is 12.2 Å². The van der Waals surface area contributed by atoms with Crippen LogP contribution in [0.2, 0.25) is 0 Å². The van der Waals surface area contributed by atoms with Gasteiger partial charge in [-0.2, -0.15) is 5.01 Å². The highest BCUT2D eigenvalue weighted by Gasteiger charge is 2.37. The van der Waals surface area contributed by atoms with Crippen LogP contribution in [-0.4, -0.2) is 29.4 Å². The van der Waals surface area contributed by atoms with Gasteiger partial charge in [-0.05, 0) is 74.0 Å². The van der Waals surface area contributed by atoms with Crippen molar-refractivity contribution in [2.24, 2.45) is 35.5 Å². The molecule has 6 nitrogen and oxygen atoms in total. The van der Waals surface area contributed by atoms with Crippen LogP contribution in [0.15, 0.2) is 11.8 Å². The molecule has 2 saturated carbocycles. The van der Waals surface area contributed by atoms with Gasteiger partial charge in [-0.1, -0.05) is 80.7 Å². The van der Waals surface area contributed by atoms with Crippen LogP contribution in [0.5, 0.6) is 0 Å². The van der Waals surface area contributed by atoms with Gasteiger partial charge in [0.05, 0.1) is 0 Å². The summed E-state index contributed by atoms with van der Waals surface area (Å²) in [5.74, 6) is 2.61. The Balaban J connectivity index is 2.19. The van der Waals surface area contributed by atoms with Gasteiger partial charge in [0, 0.05) is 5.70 Å². The number of hydrazine groups is 1. The van der Waals surface area contributed by atoms with Gasteiger partial charge in [-0.25, -0.2) is 15.0 Å². The molecule has 6 heteroatoms. The molecule has 0 aromatic rings. The fraction of sp³-hybridized carbons (Fsp3) is 0.862. The number of amides is 2. The Labute approximate surface area is 214 Å². The summed E-state index contributed by atoms with van der Waals surface area (Å²) >= 11 is 0. The lowest BCUT2D eigenvalue weighted by Gasteiger charge is -2.38. The molecule has 0 unspecified atom stereocenters. The van der Waals surface area contributed by atoms with E-state index in [1.807, 2.05) is 13.0 Å². The molecule has 202 valence electrons. The quantitative estimate of drug-likeness (QED) is 0.348. The van der Waals surface area contributed by atoms with Crippen LogP contribution in [0.25, 0.3) is 0 Å². The van der Waals surface area contributed by atoms with Crippen molar-refractivity contribution in [1.29, 1.82) is 0 Å². The van der Waals surface area contributed by atoms with E-state index in [1.54, 1.807) is 0 Å². The van der Waals surface area contributed by atoms with E-state index in [2.05, 4.69) is 53.9 Å². The predicted molar refractivity (Wildman–Crippen MR) is 141 cm³/mol. The zero-order valence-corrected chi connectivity index (χ0v) is 23.6. The van der Waals surface area contributed by atoms with Crippen molar-refractivity contribution in [3.05, 3.63) is 11.8 Å². The van der Waals surface area contributed by atoms with Crippen molar-refractivity contribution in [3.8, 4) is 0 Å². The predicted octanol–water partition coefficient (Wildman–Crippen LogP) is 8.08. The Morgan fingerprint density at radius 1 is 0.886 bits per heavy atom. The van der Waals surface area contributed by atoms with E-state index in [1.165, 1.54) is 17.9 Å². The van der Waals surface area contributed by atoms with Crippen molar-refractivity contribution in [2.75, 3.05) is 0 Å². The van der Waals surface area contributed by atoms with Crippen LogP contribution < -0.4 is 5.43 Å². The largest absolute Gasteiger partial charge is 0.445 e. The maximum atomic E-state index is 13.5. The Kier molecular flexibility index (Phi) is 11.9. The molecule has 35 heavy (non-hydrogen) atoms. The lowest BCUT2D eigenvalue weighted by Crippen LogP contribution is -2.50. The normalized spacial score (nSPS) is 29.7. The Morgan fingerprint density at radius 2 is 1.40 bits per heavy atom. The molecular weight excluding hydrogens is 440 g/mol. The average Bonchev–Trinajstić information content (AvgIpc) is 2.77. The van der Waals surface area contributed by atoms with Gasteiger partial charge >= 0.3 is 12.2 Å².